The fourth-order valence-corrected chi connectivity index (χ4v) is 0.550. The second-order valence-corrected chi connectivity index (χ2v) is 2.53. The van der Waals surface area contributed by atoms with Crippen LogP contribution in [0.5, 0.6) is 0 Å². The zero-order valence-electron chi connectivity index (χ0n) is 7.00. The van der Waals surface area contributed by atoms with E-state index in [4.69, 9.17) is 5.11 Å². The van der Waals surface area contributed by atoms with Crippen LogP contribution in [0.3, 0.4) is 0 Å². The van der Waals surface area contributed by atoms with Gasteiger partial charge in [-0.2, -0.15) is 0 Å². The first-order valence-electron chi connectivity index (χ1n) is 3.72. The molecule has 0 aliphatic heterocycles. The van der Waals surface area contributed by atoms with Gasteiger partial charge in [-0.1, -0.05) is 13.0 Å². The maximum absolute atomic E-state index is 10.8. The van der Waals surface area contributed by atoms with Gasteiger partial charge in [0.05, 0.1) is 0 Å². The van der Waals surface area contributed by atoms with E-state index in [1.54, 1.807) is 13.0 Å². The van der Waals surface area contributed by atoms with E-state index in [0.29, 0.717) is 6.54 Å². The van der Waals surface area contributed by atoms with E-state index in [0.717, 1.165) is 0 Å². The second kappa shape index (κ2) is 5.92. The van der Waals surface area contributed by atoms with Gasteiger partial charge in [0.15, 0.2) is 0 Å². The quantitative estimate of drug-likeness (QED) is 0.577. The van der Waals surface area contributed by atoms with Gasteiger partial charge in [0.2, 0.25) is 5.91 Å². The normalized spacial score (nSPS) is 13.4. The first-order valence-corrected chi connectivity index (χ1v) is 3.72. The molecule has 3 heteroatoms. The van der Waals surface area contributed by atoms with Crippen LogP contribution in [0.1, 0.15) is 13.8 Å². The summed E-state index contributed by atoms with van der Waals surface area (Å²) in [5, 5.41) is 11.3. The van der Waals surface area contributed by atoms with Crippen LogP contribution in [-0.2, 0) is 4.79 Å². The minimum Gasteiger partial charge on any atom is -0.396 e. The van der Waals surface area contributed by atoms with Gasteiger partial charge in [0.25, 0.3) is 0 Å². The van der Waals surface area contributed by atoms with Crippen molar-refractivity contribution in [2.45, 2.75) is 13.8 Å². The van der Waals surface area contributed by atoms with Crippen molar-refractivity contribution in [3.63, 3.8) is 0 Å². The molecule has 1 atom stereocenters. The lowest BCUT2D eigenvalue weighted by atomic mass is 10.2. The molecule has 0 spiro atoms. The first-order chi connectivity index (χ1) is 5.20. The van der Waals surface area contributed by atoms with Crippen LogP contribution in [0.25, 0.3) is 0 Å². The summed E-state index contributed by atoms with van der Waals surface area (Å²) < 4.78 is 0. The molecular weight excluding hydrogens is 142 g/mol. The second-order valence-electron chi connectivity index (χ2n) is 2.53. The van der Waals surface area contributed by atoms with Gasteiger partial charge in [0, 0.05) is 13.2 Å². The number of nitrogens with one attached hydrogen (secondary N) is 1. The summed E-state index contributed by atoms with van der Waals surface area (Å²) in [5.41, 5.74) is 0. The number of allylic oxidation sites excluding steroid dienone is 1. The molecule has 64 valence electrons. The number of rotatable bonds is 4. The Morgan fingerprint density at radius 2 is 2.36 bits per heavy atom. The van der Waals surface area contributed by atoms with Crippen LogP contribution in [0.4, 0.5) is 0 Å². The molecule has 2 N–H and O–H groups in total. The van der Waals surface area contributed by atoms with Crippen molar-refractivity contribution >= 4 is 5.91 Å². The predicted molar refractivity (Wildman–Crippen MR) is 44.1 cm³/mol. The maximum Gasteiger partial charge on any atom is 0.243 e. The van der Waals surface area contributed by atoms with E-state index >= 15 is 0 Å². The highest BCUT2D eigenvalue weighted by molar-refractivity contribution is 5.87. The van der Waals surface area contributed by atoms with Crippen molar-refractivity contribution in [3.05, 3.63) is 12.2 Å². The average Bonchev–Trinajstić information content (AvgIpc) is 2.01. The zero-order valence-corrected chi connectivity index (χ0v) is 7.00. The maximum atomic E-state index is 10.8. The number of hydrogen-bond acceptors (Lipinski definition) is 2. The van der Waals surface area contributed by atoms with Crippen LogP contribution in [-0.4, -0.2) is 24.2 Å². The molecule has 0 aromatic carbocycles. The van der Waals surface area contributed by atoms with Gasteiger partial charge in [-0.3, -0.25) is 4.79 Å². The predicted octanol–water partition coefficient (Wildman–Crippen LogP) is 0.307. The fraction of sp³-hybridized carbons (Fsp3) is 0.625. The Bertz CT molecular complexity index is 143. The number of carbonyl (C=O) groups excluding carboxylic acids is 1. The monoisotopic (exact) mass is 157 g/mol. The Morgan fingerprint density at radius 3 is 2.82 bits per heavy atom. The third-order valence-corrected chi connectivity index (χ3v) is 1.25. The topological polar surface area (TPSA) is 49.3 Å². The van der Waals surface area contributed by atoms with Gasteiger partial charge in [0.1, 0.15) is 0 Å². The van der Waals surface area contributed by atoms with Crippen molar-refractivity contribution in [2.24, 2.45) is 5.92 Å². The molecule has 0 aromatic rings. The molecule has 0 bridgehead atoms. The highest BCUT2D eigenvalue weighted by Gasteiger charge is 2.00. The molecule has 0 aliphatic carbocycles. The van der Waals surface area contributed by atoms with Gasteiger partial charge in [-0.05, 0) is 18.9 Å². The molecule has 1 amide bonds. The third kappa shape index (κ3) is 5.61. The van der Waals surface area contributed by atoms with Crippen molar-refractivity contribution in [1.82, 2.24) is 5.32 Å². The standard InChI is InChI=1S/C8H15NO2/c1-3-4-8(11)9-5-7(2)6-10/h3-4,7,10H,5-6H2,1-2H3,(H,9,11). The van der Waals surface area contributed by atoms with E-state index in [1.165, 1.54) is 6.08 Å². The number of hydrogen-bond donors (Lipinski definition) is 2. The van der Waals surface area contributed by atoms with E-state index in [-0.39, 0.29) is 18.4 Å². The summed E-state index contributed by atoms with van der Waals surface area (Å²) >= 11 is 0. The molecule has 0 saturated carbocycles. The summed E-state index contributed by atoms with van der Waals surface area (Å²) in [6.07, 6.45) is 3.14. The Labute approximate surface area is 67.1 Å². The molecule has 0 aromatic heterocycles. The summed E-state index contributed by atoms with van der Waals surface area (Å²) in [6.45, 7) is 4.29. The third-order valence-electron chi connectivity index (χ3n) is 1.25. The Kier molecular flexibility index (Phi) is 5.47. The van der Waals surface area contributed by atoms with E-state index in [1.807, 2.05) is 6.92 Å². The molecule has 0 saturated heterocycles. The van der Waals surface area contributed by atoms with Crippen LogP contribution >= 0.6 is 0 Å². The van der Waals surface area contributed by atoms with E-state index in [2.05, 4.69) is 5.32 Å². The molecule has 3 nitrogen and oxygen atoms in total. The SMILES string of the molecule is CC=CC(=O)NCC(C)CO. The van der Waals surface area contributed by atoms with Gasteiger partial charge < -0.3 is 10.4 Å². The first kappa shape index (κ1) is 10.2. The largest absolute Gasteiger partial charge is 0.396 e. The molecule has 0 rings (SSSR count). The van der Waals surface area contributed by atoms with Crippen molar-refractivity contribution in [2.75, 3.05) is 13.2 Å². The molecule has 0 aliphatic rings. The summed E-state index contributed by atoms with van der Waals surface area (Å²) in [4.78, 5) is 10.8. The van der Waals surface area contributed by atoms with Crippen molar-refractivity contribution < 1.29 is 9.90 Å². The lowest BCUT2D eigenvalue weighted by Gasteiger charge is -2.06. The smallest absolute Gasteiger partial charge is 0.243 e. The van der Waals surface area contributed by atoms with Gasteiger partial charge in [-0.25, -0.2) is 0 Å². The fourth-order valence-electron chi connectivity index (χ4n) is 0.550. The molecule has 0 heterocycles. The number of carbonyl (C=O) groups is 1. The lowest BCUT2D eigenvalue weighted by molar-refractivity contribution is -0.116. The number of amides is 1. The molecule has 0 fully saturated rings. The zero-order chi connectivity index (χ0) is 8.69. The number of aliphatic hydroxyl groups is 1. The summed E-state index contributed by atoms with van der Waals surface area (Å²) in [5.74, 6) is 0.0250. The highest BCUT2D eigenvalue weighted by Crippen LogP contribution is 1.88. The van der Waals surface area contributed by atoms with Crippen LogP contribution in [0, 0.1) is 5.92 Å². The van der Waals surface area contributed by atoms with Gasteiger partial charge >= 0.3 is 0 Å². The average molecular weight is 157 g/mol. The Hall–Kier alpha value is -0.830. The van der Waals surface area contributed by atoms with Crippen LogP contribution in [0.2, 0.25) is 0 Å². The summed E-state index contributed by atoms with van der Waals surface area (Å²) in [7, 11) is 0. The summed E-state index contributed by atoms with van der Waals surface area (Å²) in [6, 6.07) is 0. The van der Waals surface area contributed by atoms with E-state index < -0.39 is 0 Å². The minimum atomic E-state index is -0.104. The Morgan fingerprint density at radius 1 is 1.73 bits per heavy atom. The molecule has 1 unspecified atom stereocenters. The van der Waals surface area contributed by atoms with Crippen molar-refractivity contribution in [3.8, 4) is 0 Å². The van der Waals surface area contributed by atoms with Crippen LogP contribution in [0.15, 0.2) is 12.2 Å². The van der Waals surface area contributed by atoms with Crippen LogP contribution < -0.4 is 5.32 Å². The van der Waals surface area contributed by atoms with E-state index in [9.17, 15) is 4.79 Å². The Balaban J connectivity index is 3.45. The molecule has 0 radical (unpaired) electrons. The minimum absolute atomic E-state index is 0.104. The van der Waals surface area contributed by atoms with Gasteiger partial charge in [-0.15, -0.1) is 0 Å². The number of aliphatic hydroxyl groups excluding tert-OH is 1. The van der Waals surface area contributed by atoms with Crippen molar-refractivity contribution in [1.29, 1.82) is 0 Å². The molecule has 11 heavy (non-hydrogen) atoms. The lowest BCUT2D eigenvalue weighted by Crippen LogP contribution is -2.27. The highest BCUT2D eigenvalue weighted by atomic mass is 16.3. The molecular formula is C8H15NO2.